The van der Waals surface area contributed by atoms with E-state index in [0.717, 1.165) is 15.6 Å². The minimum absolute atomic E-state index is 0.0775. The summed E-state index contributed by atoms with van der Waals surface area (Å²) in [4.78, 5) is 12.2. The van der Waals surface area contributed by atoms with E-state index in [0.29, 0.717) is 12.0 Å². The highest BCUT2D eigenvalue weighted by Crippen LogP contribution is 2.24. The van der Waals surface area contributed by atoms with E-state index >= 15 is 0 Å². The minimum atomic E-state index is 0.0775. The molecule has 0 bridgehead atoms. The normalized spacial score (nSPS) is 24.4. The molecule has 0 aliphatic heterocycles. The summed E-state index contributed by atoms with van der Waals surface area (Å²) >= 11 is 2.21. The van der Waals surface area contributed by atoms with Gasteiger partial charge in [0.1, 0.15) is 0 Å². The summed E-state index contributed by atoms with van der Waals surface area (Å²) in [7, 11) is 0. The third-order valence-corrected chi connectivity index (χ3v) is 4.49. The molecular weight excluding hydrogens is 325 g/mol. The van der Waals surface area contributed by atoms with Crippen LogP contribution in [0.3, 0.4) is 0 Å². The van der Waals surface area contributed by atoms with Gasteiger partial charge in [0, 0.05) is 9.61 Å². The van der Waals surface area contributed by atoms with Crippen molar-refractivity contribution in [1.29, 1.82) is 0 Å². The molecule has 1 saturated carbocycles. The fourth-order valence-corrected chi connectivity index (χ4v) is 3.05. The van der Waals surface area contributed by atoms with E-state index in [9.17, 15) is 4.79 Å². The Kier molecular flexibility index (Phi) is 4.42. The molecule has 1 aliphatic carbocycles. The highest BCUT2D eigenvalue weighted by Gasteiger charge is 2.23. The van der Waals surface area contributed by atoms with Gasteiger partial charge < -0.3 is 5.32 Å². The van der Waals surface area contributed by atoms with E-state index in [2.05, 4.69) is 34.8 Å². The van der Waals surface area contributed by atoms with Crippen LogP contribution in [0.25, 0.3) is 0 Å². The van der Waals surface area contributed by atoms with Gasteiger partial charge >= 0.3 is 0 Å². The second-order valence-corrected chi connectivity index (χ2v) is 5.98. The first-order valence-corrected chi connectivity index (χ1v) is 7.32. The number of carbonyl (C=O) groups excluding carboxylic acids is 1. The third kappa shape index (κ3) is 3.21. The Hall–Kier alpha value is -0.580. The van der Waals surface area contributed by atoms with Crippen LogP contribution >= 0.6 is 22.6 Å². The predicted molar refractivity (Wildman–Crippen MR) is 78.0 cm³/mol. The maximum Gasteiger partial charge on any atom is 0.252 e. The van der Waals surface area contributed by atoms with Crippen molar-refractivity contribution in [2.45, 2.75) is 38.6 Å². The molecule has 1 aromatic rings. The average Bonchev–Trinajstić information content (AvgIpc) is 2.32. The maximum absolute atomic E-state index is 12.2. The van der Waals surface area contributed by atoms with Crippen LogP contribution in [0.4, 0.5) is 0 Å². The summed E-state index contributed by atoms with van der Waals surface area (Å²) in [5, 5.41) is 3.18. The van der Waals surface area contributed by atoms with Gasteiger partial charge in [-0.15, -0.1) is 0 Å². The van der Waals surface area contributed by atoms with Crippen LogP contribution in [0.15, 0.2) is 24.3 Å². The van der Waals surface area contributed by atoms with Gasteiger partial charge in [0.25, 0.3) is 5.91 Å². The number of nitrogens with one attached hydrogen (secondary N) is 1. The quantitative estimate of drug-likeness (QED) is 0.817. The van der Waals surface area contributed by atoms with Gasteiger partial charge in [0.2, 0.25) is 0 Å². The molecule has 1 aliphatic rings. The van der Waals surface area contributed by atoms with Crippen molar-refractivity contribution in [3.63, 3.8) is 0 Å². The smallest absolute Gasteiger partial charge is 0.252 e. The molecule has 0 radical (unpaired) electrons. The molecule has 0 heterocycles. The molecule has 0 aromatic heterocycles. The number of halogens is 1. The van der Waals surface area contributed by atoms with Crippen LogP contribution < -0.4 is 5.32 Å². The zero-order valence-electron chi connectivity index (χ0n) is 10.1. The zero-order chi connectivity index (χ0) is 12.3. The van der Waals surface area contributed by atoms with Crippen LogP contribution in [0.5, 0.6) is 0 Å². The second-order valence-electron chi connectivity index (χ2n) is 4.82. The summed E-state index contributed by atoms with van der Waals surface area (Å²) in [6.07, 6.45) is 4.89. The van der Waals surface area contributed by atoms with Crippen molar-refractivity contribution in [3.8, 4) is 0 Å². The molecule has 1 amide bonds. The number of benzene rings is 1. The monoisotopic (exact) mass is 343 g/mol. The Balaban J connectivity index is 2.04. The van der Waals surface area contributed by atoms with Crippen LogP contribution in [0.1, 0.15) is 43.0 Å². The van der Waals surface area contributed by atoms with Crippen LogP contribution in [0.2, 0.25) is 0 Å². The van der Waals surface area contributed by atoms with E-state index in [1.54, 1.807) is 0 Å². The second kappa shape index (κ2) is 5.85. The largest absolute Gasteiger partial charge is 0.349 e. The summed E-state index contributed by atoms with van der Waals surface area (Å²) in [6, 6.07) is 8.10. The van der Waals surface area contributed by atoms with E-state index < -0.39 is 0 Å². The molecule has 1 fully saturated rings. The van der Waals surface area contributed by atoms with E-state index in [1.165, 1.54) is 19.3 Å². The lowest BCUT2D eigenvalue weighted by atomic mass is 9.86. The Morgan fingerprint density at radius 3 is 2.71 bits per heavy atom. The number of amides is 1. The Morgan fingerprint density at radius 1 is 1.29 bits per heavy atom. The topological polar surface area (TPSA) is 29.1 Å². The van der Waals surface area contributed by atoms with Gasteiger partial charge in [-0.25, -0.2) is 0 Å². The molecule has 0 unspecified atom stereocenters. The summed E-state index contributed by atoms with van der Waals surface area (Å²) in [5.74, 6) is 0.683. The molecule has 92 valence electrons. The molecule has 1 aromatic carbocycles. The van der Waals surface area contributed by atoms with E-state index in [4.69, 9.17) is 0 Å². The summed E-state index contributed by atoms with van der Waals surface area (Å²) in [5.41, 5.74) is 0.797. The molecular formula is C14H18INO. The Labute approximate surface area is 116 Å². The van der Waals surface area contributed by atoms with Crippen molar-refractivity contribution in [1.82, 2.24) is 5.32 Å². The van der Waals surface area contributed by atoms with Crippen LogP contribution in [-0.2, 0) is 0 Å². The first-order chi connectivity index (χ1) is 8.18. The number of carbonyl (C=O) groups is 1. The third-order valence-electron chi connectivity index (χ3n) is 3.55. The number of hydrogen-bond donors (Lipinski definition) is 1. The van der Waals surface area contributed by atoms with Gasteiger partial charge in [-0.2, -0.15) is 0 Å². The Morgan fingerprint density at radius 2 is 2.00 bits per heavy atom. The predicted octanol–water partition coefficient (Wildman–Crippen LogP) is 3.60. The number of rotatable bonds is 2. The van der Waals surface area contributed by atoms with Crippen LogP contribution in [-0.4, -0.2) is 11.9 Å². The Bertz CT molecular complexity index is 405. The molecule has 1 N–H and O–H groups in total. The van der Waals surface area contributed by atoms with E-state index in [1.807, 2.05) is 24.3 Å². The number of hydrogen-bond acceptors (Lipinski definition) is 1. The summed E-state index contributed by atoms with van der Waals surface area (Å²) < 4.78 is 1.02. The van der Waals surface area contributed by atoms with Gasteiger partial charge in [-0.1, -0.05) is 31.9 Å². The molecule has 3 heteroatoms. The van der Waals surface area contributed by atoms with Gasteiger partial charge in [0.15, 0.2) is 0 Å². The van der Waals surface area contributed by atoms with Crippen LogP contribution in [0, 0.1) is 9.49 Å². The lowest BCUT2D eigenvalue weighted by molar-refractivity contribution is 0.0909. The van der Waals surface area contributed by atoms with E-state index in [-0.39, 0.29) is 5.91 Å². The first kappa shape index (κ1) is 12.9. The molecule has 0 spiro atoms. The van der Waals surface area contributed by atoms with Gasteiger partial charge in [-0.05, 0) is 53.5 Å². The van der Waals surface area contributed by atoms with Crippen molar-refractivity contribution >= 4 is 28.5 Å². The average molecular weight is 343 g/mol. The molecule has 17 heavy (non-hydrogen) atoms. The lowest BCUT2D eigenvalue weighted by Crippen LogP contribution is -2.41. The highest BCUT2D eigenvalue weighted by molar-refractivity contribution is 14.1. The molecule has 2 rings (SSSR count). The summed E-state index contributed by atoms with van der Waals surface area (Å²) in [6.45, 7) is 2.24. The van der Waals surface area contributed by atoms with Gasteiger partial charge in [0.05, 0.1) is 5.56 Å². The lowest BCUT2D eigenvalue weighted by Gasteiger charge is -2.29. The van der Waals surface area contributed by atoms with Crippen molar-refractivity contribution in [3.05, 3.63) is 33.4 Å². The fraction of sp³-hybridized carbons (Fsp3) is 0.500. The first-order valence-electron chi connectivity index (χ1n) is 6.24. The van der Waals surface area contributed by atoms with Crippen molar-refractivity contribution in [2.75, 3.05) is 0 Å². The maximum atomic E-state index is 12.2. The molecule has 2 nitrogen and oxygen atoms in total. The van der Waals surface area contributed by atoms with Gasteiger partial charge in [-0.3, -0.25) is 4.79 Å². The SMILES string of the molecule is C[C@@H]1CCCC[C@@H]1NC(=O)c1ccccc1I. The highest BCUT2D eigenvalue weighted by atomic mass is 127. The zero-order valence-corrected chi connectivity index (χ0v) is 12.2. The van der Waals surface area contributed by atoms with Crippen molar-refractivity contribution < 1.29 is 4.79 Å². The molecule has 2 atom stereocenters. The fourth-order valence-electron chi connectivity index (χ4n) is 2.42. The molecule has 0 saturated heterocycles. The van der Waals surface area contributed by atoms with Crippen molar-refractivity contribution in [2.24, 2.45) is 5.92 Å². The minimum Gasteiger partial charge on any atom is -0.349 e. The standard InChI is InChI=1S/C14H18INO/c1-10-6-2-5-9-13(10)16-14(17)11-7-3-4-8-12(11)15/h3-4,7-8,10,13H,2,5-6,9H2,1H3,(H,16,17)/t10-,13+/m1/s1.